The maximum absolute atomic E-state index is 11.6. The lowest BCUT2D eigenvalue weighted by molar-refractivity contribution is -0.124. The zero-order valence-corrected chi connectivity index (χ0v) is 10.9. The SMILES string of the molecule is Nc1cccc(OCC(=O)NCC2(O)CCCC2)c1. The van der Waals surface area contributed by atoms with Gasteiger partial charge in [-0.1, -0.05) is 18.9 Å². The third kappa shape index (κ3) is 4.13. The van der Waals surface area contributed by atoms with Gasteiger partial charge in [-0.25, -0.2) is 0 Å². The minimum absolute atomic E-state index is 0.0699. The minimum atomic E-state index is -0.729. The Labute approximate surface area is 112 Å². The summed E-state index contributed by atoms with van der Waals surface area (Å²) < 4.78 is 5.32. The fourth-order valence-corrected chi connectivity index (χ4v) is 2.28. The van der Waals surface area contributed by atoms with Crippen LogP contribution < -0.4 is 15.8 Å². The van der Waals surface area contributed by atoms with E-state index in [-0.39, 0.29) is 12.5 Å². The summed E-state index contributed by atoms with van der Waals surface area (Å²) in [7, 11) is 0. The molecule has 2 rings (SSSR count). The first-order valence-electron chi connectivity index (χ1n) is 6.55. The van der Waals surface area contributed by atoms with Gasteiger partial charge < -0.3 is 20.9 Å². The molecule has 0 atom stereocenters. The fraction of sp³-hybridized carbons (Fsp3) is 0.500. The van der Waals surface area contributed by atoms with Gasteiger partial charge >= 0.3 is 0 Å². The van der Waals surface area contributed by atoms with Crippen LogP contribution in [0.2, 0.25) is 0 Å². The second-order valence-corrected chi connectivity index (χ2v) is 5.07. The average molecular weight is 264 g/mol. The van der Waals surface area contributed by atoms with Crippen LogP contribution in [0.5, 0.6) is 5.75 Å². The first-order valence-corrected chi connectivity index (χ1v) is 6.55. The lowest BCUT2D eigenvalue weighted by atomic mass is 10.0. The van der Waals surface area contributed by atoms with E-state index in [1.54, 1.807) is 24.3 Å². The number of aliphatic hydroxyl groups is 1. The lowest BCUT2D eigenvalue weighted by Gasteiger charge is -2.22. The molecule has 0 unspecified atom stereocenters. The molecule has 0 spiro atoms. The molecule has 1 amide bonds. The molecule has 1 saturated carbocycles. The first-order chi connectivity index (χ1) is 9.07. The van der Waals surface area contributed by atoms with E-state index in [0.29, 0.717) is 18.0 Å². The summed E-state index contributed by atoms with van der Waals surface area (Å²) in [6.45, 7) is 0.228. The van der Waals surface area contributed by atoms with Crippen LogP contribution in [0.4, 0.5) is 5.69 Å². The lowest BCUT2D eigenvalue weighted by Crippen LogP contribution is -2.42. The molecule has 0 saturated heterocycles. The van der Waals surface area contributed by atoms with Gasteiger partial charge in [0.15, 0.2) is 6.61 Å². The molecule has 5 nitrogen and oxygen atoms in total. The highest BCUT2D eigenvalue weighted by molar-refractivity contribution is 5.77. The number of amides is 1. The van der Waals surface area contributed by atoms with Crippen LogP contribution in [-0.4, -0.2) is 29.8 Å². The number of hydrogen-bond donors (Lipinski definition) is 3. The molecule has 0 bridgehead atoms. The molecule has 5 heteroatoms. The molecule has 0 heterocycles. The molecule has 19 heavy (non-hydrogen) atoms. The van der Waals surface area contributed by atoms with Gasteiger partial charge in [-0.3, -0.25) is 4.79 Å². The summed E-state index contributed by atoms with van der Waals surface area (Å²) in [4.78, 5) is 11.6. The zero-order chi connectivity index (χ0) is 13.7. The summed E-state index contributed by atoms with van der Waals surface area (Å²) in [6.07, 6.45) is 3.55. The van der Waals surface area contributed by atoms with Crippen LogP contribution in [0.3, 0.4) is 0 Å². The zero-order valence-electron chi connectivity index (χ0n) is 10.9. The number of carbonyl (C=O) groups is 1. The molecule has 1 fully saturated rings. The van der Waals surface area contributed by atoms with Crippen LogP contribution in [-0.2, 0) is 4.79 Å². The fourth-order valence-electron chi connectivity index (χ4n) is 2.28. The summed E-state index contributed by atoms with van der Waals surface area (Å²) in [5.41, 5.74) is 5.48. The quantitative estimate of drug-likeness (QED) is 0.694. The van der Waals surface area contributed by atoms with Crippen molar-refractivity contribution in [1.29, 1.82) is 0 Å². The van der Waals surface area contributed by atoms with Crippen LogP contribution in [0.1, 0.15) is 25.7 Å². The van der Waals surface area contributed by atoms with Crippen molar-refractivity contribution in [3.63, 3.8) is 0 Å². The highest BCUT2D eigenvalue weighted by Crippen LogP contribution is 2.28. The van der Waals surface area contributed by atoms with Crippen LogP contribution in [0, 0.1) is 0 Å². The second-order valence-electron chi connectivity index (χ2n) is 5.07. The minimum Gasteiger partial charge on any atom is -0.484 e. The number of anilines is 1. The Kier molecular flexibility index (Phi) is 4.27. The molecule has 4 N–H and O–H groups in total. The summed E-state index contributed by atoms with van der Waals surface area (Å²) in [5.74, 6) is 0.331. The molecule has 1 aromatic carbocycles. The number of nitrogens with two attached hydrogens (primary N) is 1. The van der Waals surface area contributed by atoms with Gasteiger partial charge in [0.05, 0.1) is 5.60 Å². The second kappa shape index (κ2) is 5.93. The van der Waals surface area contributed by atoms with E-state index in [4.69, 9.17) is 10.5 Å². The predicted octanol–water partition coefficient (Wildman–Crippen LogP) is 1.07. The van der Waals surface area contributed by atoms with Gasteiger partial charge in [0, 0.05) is 18.3 Å². The normalized spacial score (nSPS) is 17.1. The van der Waals surface area contributed by atoms with Gasteiger partial charge in [-0.15, -0.1) is 0 Å². The molecule has 0 radical (unpaired) electrons. The van der Waals surface area contributed by atoms with E-state index in [0.717, 1.165) is 25.7 Å². The molecule has 1 aliphatic carbocycles. The van der Waals surface area contributed by atoms with E-state index < -0.39 is 5.60 Å². The van der Waals surface area contributed by atoms with Gasteiger partial charge in [-0.2, -0.15) is 0 Å². The molecule has 1 aromatic rings. The monoisotopic (exact) mass is 264 g/mol. The van der Waals surface area contributed by atoms with Crippen LogP contribution in [0.25, 0.3) is 0 Å². The highest BCUT2D eigenvalue weighted by atomic mass is 16.5. The Morgan fingerprint density at radius 1 is 1.42 bits per heavy atom. The Balaban J connectivity index is 1.73. The molecule has 0 aromatic heterocycles. The summed E-state index contributed by atoms with van der Waals surface area (Å²) in [6, 6.07) is 6.93. The van der Waals surface area contributed by atoms with Gasteiger partial charge in [0.25, 0.3) is 5.91 Å². The van der Waals surface area contributed by atoms with E-state index in [1.165, 1.54) is 0 Å². The molecular weight excluding hydrogens is 244 g/mol. The van der Waals surface area contributed by atoms with Crippen LogP contribution in [0.15, 0.2) is 24.3 Å². The van der Waals surface area contributed by atoms with E-state index in [9.17, 15) is 9.90 Å². The van der Waals surface area contributed by atoms with Crippen molar-refractivity contribution < 1.29 is 14.6 Å². The topological polar surface area (TPSA) is 84.6 Å². The largest absolute Gasteiger partial charge is 0.484 e. The van der Waals surface area contributed by atoms with Crippen molar-refractivity contribution in [3.05, 3.63) is 24.3 Å². The van der Waals surface area contributed by atoms with Gasteiger partial charge in [-0.05, 0) is 25.0 Å². The molecule has 1 aliphatic rings. The maximum Gasteiger partial charge on any atom is 0.258 e. The Morgan fingerprint density at radius 2 is 2.16 bits per heavy atom. The van der Waals surface area contributed by atoms with E-state index >= 15 is 0 Å². The first kappa shape index (κ1) is 13.7. The highest BCUT2D eigenvalue weighted by Gasteiger charge is 2.31. The summed E-state index contributed by atoms with van der Waals surface area (Å²) >= 11 is 0. The van der Waals surface area contributed by atoms with Crippen molar-refractivity contribution in [2.75, 3.05) is 18.9 Å². The van der Waals surface area contributed by atoms with Gasteiger partial charge in [0.2, 0.25) is 0 Å². The number of carbonyl (C=O) groups excluding carboxylic acids is 1. The number of ether oxygens (including phenoxy) is 1. The smallest absolute Gasteiger partial charge is 0.258 e. The third-order valence-corrected chi connectivity index (χ3v) is 3.38. The van der Waals surface area contributed by atoms with E-state index in [1.807, 2.05) is 0 Å². The van der Waals surface area contributed by atoms with Crippen molar-refractivity contribution in [2.24, 2.45) is 0 Å². The Morgan fingerprint density at radius 3 is 2.84 bits per heavy atom. The number of rotatable bonds is 5. The van der Waals surface area contributed by atoms with Gasteiger partial charge in [0.1, 0.15) is 5.75 Å². The number of nitrogen functional groups attached to an aromatic ring is 1. The molecule has 0 aliphatic heterocycles. The molecular formula is C14H20N2O3. The molecule has 104 valence electrons. The van der Waals surface area contributed by atoms with E-state index in [2.05, 4.69) is 5.32 Å². The van der Waals surface area contributed by atoms with Crippen LogP contribution >= 0.6 is 0 Å². The van der Waals surface area contributed by atoms with Crippen molar-refractivity contribution in [3.8, 4) is 5.75 Å². The Bertz CT molecular complexity index is 442. The van der Waals surface area contributed by atoms with Crippen molar-refractivity contribution >= 4 is 11.6 Å². The van der Waals surface area contributed by atoms with Crippen molar-refractivity contribution in [1.82, 2.24) is 5.32 Å². The summed E-state index contributed by atoms with van der Waals surface area (Å²) in [5, 5.41) is 12.8. The standard InChI is InChI=1S/C14H20N2O3/c15-11-4-3-5-12(8-11)19-9-13(17)16-10-14(18)6-1-2-7-14/h3-5,8,18H,1-2,6-7,9-10,15H2,(H,16,17). The average Bonchev–Trinajstić information content (AvgIpc) is 2.82. The van der Waals surface area contributed by atoms with Crippen molar-refractivity contribution in [2.45, 2.75) is 31.3 Å². The number of benzene rings is 1. The third-order valence-electron chi connectivity index (χ3n) is 3.38. The maximum atomic E-state index is 11.6. The Hall–Kier alpha value is -1.75. The number of hydrogen-bond acceptors (Lipinski definition) is 4. The predicted molar refractivity (Wildman–Crippen MR) is 72.8 cm³/mol. The number of nitrogens with one attached hydrogen (secondary N) is 1.